The summed E-state index contributed by atoms with van der Waals surface area (Å²) in [6, 6.07) is 0. The van der Waals surface area contributed by atoms with Crippen LogP contribution in [-0.4, -0.2) is 24.3 Å². The molecule has 2 heteroatoms. The van der Waals surface area contributed by atoms with Gasteiger partial charge in [-0.2, -0.15) is 0 Å². The van der Waals surface area contributed by atoms with Crippen LogP contribution in [0.4, 0.5) is 0 Å². The van der Waals surface area contributed by atoms with Crippen LogP contribution in [0.5, 0.6) is 0 Å². The monoisotopic (exact) mass is 295 g/mol. The highest BCUT2D eigenvalue weighted by Gasteiger charge is 2.40. The Hall–Kier alpha value is -0.340. The fourth-order valence-electron chi connectivity index (χ4n) is 3.09. The third-order valence-electron chi connectivity index (χ3n) is 4.74. The van der Waals surface area contributed by atoms with Gasteiger partial charge in [0.15, 0.2) is 0 Å². The summed E-state index contributed by atoms with van der Waals surface area (Å²) in [5, 5.41) is 13.4. The molecule has 1 rings (SSSR count). The molecule has 21 heavy (non-hydrogen) atoms. The maximum atomic E-state index is 10.00. The first kappa shape index (κ1) is 18.7. The van der Waals surface area contributed by atoms with Gasteiger partial charge in [-0.05, 0) is 57.0 Å². The summed E-state index contributed by atoms with van der Waals surface area (Å²) in [6.45, 7) is 6.49. The first-order valence-electron chi connectivity index (χ1n) is 9.33. The van der Waals surface area contributed by atoms with Crippen molar-refractivity contribution in [3.63, 3.8) is 0 Å². The van der Waals surface area contributed by atoms with E-state index < -0.39 is 0 Å². The smallest absolute Gasteiger partial charge is 0.0583 e. The van der Waals surface area contributed by atoms with Gasteiger partial charge in [-0.15, -0.1) is 0 Å². The Morgan fingerprint density at radius 1 is 1.05 bits per heavy atom. The minimum atomic E-state index is -0.0684. The van der Waals surface area contributed by atoms with E-state index in [4.69, 9.17) is 0 Å². The second-order valence-electron chi connectivity index (χ2n) is 6.64. The number of aliphatic hydroxyl groups excluding tert-OH is 1. The molecule has 1 saturated carbocycles. The minimum absolute atomic E-state index is 0.0684. The molecule has 0 amide bonds. The van der Waals surface area contributed by atoms with Gasteiger partial charge in [0.05, 0.1) is 6.10 Å². The topological polar surface area (TPSA) is 32.3 Å². The molecule has 0 spiro atoms. The van der Waals surface area contributed by atoms with Crippen molar-refractivity contribution in [1.82, 2.24) is 5.32 Å². The number of hydrogen-bond acceptors (Lipinski definition) is 2. The Bertz CT molecular complexity index is 264. The fraction of sp³-hybridized carbons (Fsp3) is 0.895. The maximum Gasteiger partial charge on any atom is 0.0583 e. The molecule has 3 unspecified atom stereocenters. The van der Waals surface area contributed by atoms with Crippen LogP contribution in [0.15, 0.2) is 12.2 Å². The van der Waals surface area contributed by atoms with Crippen molar-refractivity contribution in [2.75, 3.05) is 13.1 Å². The Balaban J connectivity index is 1.80. The lowest BCUT2D eigenvalue weighted by Gasteiger charge is -2.10. The molecule has 1 fully saturated rings. The molecule has 2 nitrogen and oxygen atoms in total. The molecule has 1 aliphatic carbocycles. The van der Waals surface area contributed by atoms with E-state index in [0.717, 1.165) is 31.8 Å². The number of nitrogens with one attached hydrogen (secondary N) is 1. The van der Waals surface area contributed by atoms with Gasteiger partial charge in [-0.25, -0.2) is 0 Å². The van der Waals surface area contributed by atoms with Crippen molar-refractivity contribution in [2.45, 2.75) is 84.2 Å². The molecule has 0 aromatic heterocycles. The predicted molar refractivity (Wildman–Crippen MR) is 92.5 cm³/mol. The first-order valence-corrected chi connectivity index (χ1v) is 9.33. The highest BCUT2D eigenvalue weighted by atomic mass is 16.3. The lowest BCUT2D eigenvalue weighted by Crippen LogP contribution is -2.22. The molecular formula is C19H37NO. The zero-order chi connectivity index (χ0) is 15.3. The Morgan fingerprint density at radius 3 is 2.52 bits per heavy atom. The SMILES string of the molecule is CCCCCCC/C=C/CCNCCC(O)C1CC1CC. The van der Waals surface area contributed by atoms with Crippen LogP contribution in [0.3, 0.4) is 0 Å². The van der Waals surface area contributed by atoms with E-state index in [0.29, 0.717) is 5.92 Å². The third-order valence-corrected chi connectivity index (χ3v) is 4.74. The van der Waals surface area contributed by atoms with Crippen molar-refractivity contribution >= 4 is 0 Å². The Morgan fingerprint density at radius 2 is 1.81 bits per heavy atom. The molecule has 0 aromatic carbocycles. The average molecular weight is 296 g/mol. The van der Waals surface area contributed by atoms with Crippen LogP contribution in [0.1, 0.15) is 78.1 Å². The van der Waals surface area contributed by atoms with Crippen molar-refractivity contribution in [3.8, 4) is 0 Å². The summed E-state index contributed by atoms with van der Waals surface area (Å²) >= 11 is 0. The molecule has 0 aliphatic heterocycles. The second kappa shape index (κ2) is 12.2. The summed E-state index contributed by atoms with van der Waals surface area (Å²) in [5.41, 5.74) is 0. The van der Waals surface area contributed by atoms with Gasteiger partial charge in [0, 0.05) is 0 Å². The molecule has 0 bridgehead atoms. The highest BCUT2D eigenvalue weighted by molar-refractivity contribution is 4.90. The van der Waals surface area contributed by atoms with Crippen molar-refractivity contribution in [2.24, 2.45) is 11.8 Å². The molecule has 3 atom stereocenters. The fourth-order valence-corrected chi connectivity index (χ4v) is 3.09. The molecule has 0 aromatic rings. The number of rotatable bonds is 14. The summed E-state index contributed by atoms with van der Waals surface area (Å²) in [4.78, 5) is 0. The van der Waals surface area contributed by atoms with Crippen LogP contribution < -0.4 is 5.32 Å². The van der Waals surface area contributed by atoms with Crippen LogP contribution in [0, 0.1) is 11.8 Å². The van der Waals surface area contributed by atoms with Gasteiger partial charge in [0.2, 0.25) is 0 Å². The zero-order valence-electron chi connectivity index (χ0n) is 14.3. The minimum Gasteiger partial charge on any atom is -0.393 e. The van der Waals surface area contributed by atoms with Crippen LogP contribution in [0.2, 0.25) is 0 Å². The van der Waals surface area contributed by atoms with Gasteiger partial charge in [0.25, 0.3) is 0 Å². The van der Waals surface area contributed by atoms with E-state index >= 15 is 0 Å². The van der Waals surface area contributed by atoms with E-state index in [1.54, 1.807) is 0 Å². The average Bonchev–Trinajstić information content (AvgIpc) is 3.28. The summed E-state index contributed by atoms with van der Waals surface area (Å²) < 4.78 is 0. The summed E-state index contributed by atoms with van der Waals surface area (Å²) in [5.74, 6) is 1.41. The highest BCUT2D eigenvalue weighted by Crippen LogP contribution is 2.44. The zero-order valence-corrected chi connectivity index (χ0v) is 14.3. The van der Waals surface area contributed by atoms with Crippen LogP contribution in [-0.2, 0) is 0 Å². The van der Waals surface area contributed by atoms with Crippen LogP contribution in [0.25, 0.3) is 0 Å². The van der Waals surface area contributed by atoms with E-state index in [1.165, 1.54) is 51.4 Å². The standard InChI is InChI=1S/C19H37NO/c1-3-5-6-7-8-9-10-11-12-14-20-15-13-19(21)18-16-17(18)4-2/h10-11,17-21H,3-9,12-16H2,1-2H3/b11-10+. The number of aliphatic hydroxyl groups is 1. The second-order valence-corrected chi connectivity index (χ2v) is 6.64. The normalized spacial score (nSPS) is 22.8. The third kappa shape index (κ3) is 9.31. The molecule has 0 heterocycles. The maximum absolute atomic E-state index is 10.00. The van der Waals surface area contributed by atoms with Crippen molar-refractivity contribution < 1.29 is 5.11 Å². The van der Waals surface area contributed by atoms with Gasteiger partial charge in [0.1, 0.15) is 0 Å². The van der Waals surface area contributed by atoms with E-state index in [1.807, 2.05) is 0 Å². The Kier molecular flexibility index (Phi) is 10.9. The number of allylic oxidation sites excluding steroid dienone is 1. The molecule has 2 N–H and O–H groups in total. The quantitative estimate of drug-likeness (QED) is 0.360. The van der Waals surface area contributed by atoms with E-state index in [2.05, 4.69) is 31.3 Å². The molecule has 1 aliphatic rings. The molecule has 0 radical (unpaired) electrons. The Labute approximate surface area is 132 Å². The van der Waals surface area contributed by atoms with Crippen molar-refractivity contribution in [1.29, 1.82) is 0 Å². The van der Waals surface area contributed by atoms with E-state index in [9.17, 15) is 5.11 Å². The van der Waals surface area contributed by atoms with Gasteiger partial charge in [-0.3, -0.25) is 0 Å². The summed E-state index contributed by atoms with van der Waals surface area (Å²) in [6.07, 6.45) is 17.2. The van der Waals surface area contributed by atoms with Crippen LogP contribution >= 0.6 is 0 Å². The van der Waals surface area contributed by atoms with E-state index in [-0.39, 0.29) is 6.10 Å². The van der Waals surface area contributed by atoms with Gasteiger partial charge < -0.3 is 10.4 Å². The number of unbranched alkanes of at least 4 members (excludes halogenated alkanes) is 5. The lowest BCUT2D eigenvalue weighted by molar-refractivity contribution is 0.134. The van der Waals surface area contributed by atoms with Crippen molar-refractivity contribution in [3.05, 3.63) is 12.2 Å². The summed E-state index contributed by atoms with van der Waals surface area (Å²) in [7, 11) is 0. The van der Waals surface area contributed by atoms with Gasteiger partial charge in [-0.1, -0.05) is 58.1 Å². The largest absolute Gasteiger partial charge is 0.393 e. The molecular weight excluding hydrogens is 258 g/mol. The number of hydrogen-bond donors (Lipinski definition) is 2. The molecule has 124 valence electrons. The predicted octanol–water partition coefficient (Wildman–Crippen LogP) is 4.68. The molecule has 0 saturated heterocycles. The van der Waals surface area contributed by atoms with Gasteiger partial charge >= 0.3 is 0 Å². The first-order chi connectivity index (χ1) is 10.3. The lowest BCUT2D eigenvalue weighted by atomic mass is 10.1.